The second-order valence-corrected chi connectivity index (χ2v) is 8.17. The summed E-state index contributed by atoms with van der Waals surface area (Å²) in [6.07, 6.45) is -9.33. The third kappa shape index (κ3) is 5.43. The summed E-state index contributed by atoms with van der Waals surface area (Å²) in [5, 5.41) is 3.26. The van der Waals surface area contributed by atoms with Crippen LogP contribution in [-0.2, 0) is 23.7 Å². The molecule has 174 valence electrons. The van der Waals surface area contributed by atoms with Crippen molar-refractivity contribution in [2.24, 2.45) is 5.92 Å². The van der Waals surface area contributed by atoms with Gasteiger partial charge in [0, 0.05) is 32.0 Å². The molecular weight excluding hydrogens is 434 g/mol. The quantitative estimate of drug-likeness (QED) is 0.624. The number of carbonyl (C=O) groups excluding carboxylic acids is 1. The van der Waals surface area contributed by atoms with Crippen molar-refractivity contribution < 1.29 is 31.1 Å². The standard InChI is InChI=1S/C23H24F6N2O/c1-14-5-3-4-6-18(14)20-12-30-8-7-19(20)21(32)31(2)13-15-9-16(22(24,25)26)11-17(10-15)23(27,28)29/h3-6,9-11,19-20,30H,7-8,12-13H2,1-2H3. The first-order valence-electron chi connectivity index (χ1n) is 10.2. The van der Waals surface area contributed by atoms with Crippen molar-refractivity contribution in [2.45, 2.75) is 38.2 Å². The van der Waals surface area contributed by atoms with Crippen molar-refractivity contribution in [3.63, 3.8) is 0 Å². The van der Waals surface area contributed by atoms with Gasteiger partial charge in [-0.25, -0.2) is 0 Å². The molecule has 2 aromatic carbocycles. The SMILES string of the molecule is Cc1ccccc1C1CNCCC1C(=O)N(C)Cc1cc(C(F)(F)F)cc(C(F)(F)F)c1. The number of rotatable bonds is 4. The van der Waals surface area contributed by atoms with E-state index in [2.05, 4.69) is 5.32 Å². The van der Waals surface area contributed by atoms with Gasteiger partial charge >= 0.3 is 12.4 Å². The predicted octanol–water partition coefficient (Wildman–Crippen LogP) is 5.38. The Balaban J connectivity index is 1.86. The minimum absolute atomic E-state index is 0.0896. The van der Waals surface area contributed by atoms with Gasteiger partial charge in [-0.15, -0.1) is 0 Å². The molecule has 32 heavy (non-hydrogen) atoms. The zero-order valence-electron chi connectivity index (χ0n) is 17.6. The lowest BCUT2D eigenvalue weighted by Crippen LogP contribution is -2.44. The number of hydrogen-bond acceptors (Lipinski definition) is 2. The van der Waals surface area contributed by atoms with Gasteiger partial charge in [0.15, 0.2) is 0 Å². The van der Waals surface area contributed by atoms with Crippen molar-refractivity contribution in [1.29, 1.82) is 0 Å². The van der Waals surface area contributed by atoms with Crippen LogP contribution in [0.15, 0.2) is 42.5 Å². The van der Waals surface area contributed by atoms with Crippen LogP contribution >= 0.6 is 0 Å². The third-order valence-electron chi connectivity index (χ3n) is 5.83. The van der Waals surface area contributed by atoms with Crippen LogP contribution in [0.25, 0.3) is 0 Å². The highest BCUT2D eigenvalue weighted by atomic mass is 19.4. The summed E-state index contributed by atoms with van der Waals surface area (Å²) in [7, 11) is 1.41. The van der Waals surface area contributed by atoms with Crippen molar-refractivity contribution in [1.82, 2.24) is 10.2 Å². The van der Waals surface area contributed by atoms with E-state index in [0.29, 0.717) is 31.6 Å². The summed E-state index contributed by atoms with van der Waals surface area (Å²) in [5.41, 5.74) is -0.964. The van der Waals surface area contributed by atoms with E-state index in [1.165, 1.54) is 11.9 Å². The van der Waals surface area contributed by atoms with E-state index in [1.54, 1.807) is 0 Å². The first kappa shape index (κ1) is 24.1. The molecule has 0 aromatic heterocycles. The molecule has 1 amide bonds. The zero-order valence-corrected chi connectivity index (χ0v) is 17.6. The van der Waals surface area contributed by atoms with E-state index in [4.69, 9.17) is 0 Å². The molecular formula is C23H24F6N2O. The molecule has 1 N–H and O–H groups in total. The van der Waals surface area contributed by atoms with E-state index in [-0.39, 0.29) is 30.0 Å². The molecule has 0 bridgehead atoms. The summed E-state index contributed by atoms with van der Waals surface area (Å²) in [5.74, 6) is -0.854. The topological polar surface area (TPSA) is 32.3 Å². The number of halogens is 6. The summed E-state index contributed by atoms with van der Waals surface area (Å²) >= 11 is 0. The average Bonchev–Trinajstić information content (AvgIpc) is 2.72. The molecule has 2 aromatic rings. The van der Waals surface area contributed by atoms with Crippen LogP contribution in [0.1, 0.15) is 40.2 Å². The highest BCUT2D eigenvalue weighted by molar-refractivity contribution is 5.80. The number of piperidine rings is 1. The maximum atomic E-state index is 13.2. The third-order valence-corrected chi connectivity index (χ3v) is 5.83. The lowest BCUT2D eigenvalue weighted by atomic mass is 9.79. The molecule has 1 saturated heterocycles. The van der Waals surface area contributed by atoms with Crippen LogP contribution in [0.3, 0.4) is 0 Å². The van der Waals surface area contributed by atoms with Gasteiger partial charge in [0.25, 0.3) is 0 Å². The first-order chi connectivity index (χ1) is 14.9. The number of alkyl halides is 6. The Morgan fingerprint density at radius 2 is 1.62 bits per heavy atom. The number of amides is 1. The van der Waals surface area contributed by atoms with Gasteiger partial charge in [0.1, 0.15) is 0 Å². The molecule has 1 heterocycles. The molecule has 0 radical (unpaired) electrons. The minimum Gasteiger partial charge on any atom is -0.341 e. The number of carbonyl (C=O) groups is 1. The number of nitrogens with zero attached hydrogens (tertiary/aromatic N) is 1. The fourth-order valence-electron chi connectivity index (χ4n) is 4.23. The van der Waals surface area contributed by atoms with Crippen LogP contribution in [0.5, 0.6) is 0 Å². The summed E-state index contributed by atoms with van der Waals surface area (Å²) in [4.78, 5) is 14.4. The Morgan fingerprint density at radius 1 is 1.03 bits per heavy atom. The highest BCUT2D eigenvalue weighted by Gasteiger charge is 2.38. The molecule has 1 aliphatic heterocycles. The molecule has 0 spiro atoms. The van der Waals surface area contributed by atoms with E-state index in [0.717, 1.165) is 11.1 Å². The summed E-state index contributed by atoms with van der Waals surface area (Å²) in [6, 6.07) is 9.08. The highest BCUT2D eigenvalue weighted by Crippen LogP contribution is 2.37. The number of nitrogens with one attached hydrogen (secondary N) is 1. The average molecular weight is 458 g/mol. The molecule has 3 rings (SSSR count). The van der Waals surface area contributed by atoms with Gasteiger partial charge in [-0.05, 0) is 54.8 Å². The van der Waals surface area contributed by atoms with E-state index >= 15 is 0 Å². The molecule has 0 aliphatic carbocycles. The van der Waals surface area contributed by atoms with Gasteiger partial charge in [-0.1, -0.05) is 24.3 Å². The van der Waals surface area contributed by atoms with Crippen LogP contribution in [0.2, 0.25) is 0 Å². The molecule has 1 fully saturated rings. The van der Waals surface area contributed by atoms with E-state index in [1.807, 2.05) is 31.2 Å². The van der Waals surface area contributed by atoms with Crippen molar-refractivity contribution >= 4 is 5.91 Å². The Kier molecular flexibility index (Phi) is 6.88. The van der Waals surface area contributed by atoms with Gasteiger partial charge in [0.05, 0.1) is 11.1 Å². The van der Waals surface area contributed by atoms with Crippen LogP contribution in [0, 0.1) is 12.8 Å². The molecule has 1 aliphatic rings. The van der Waals surface area contributed by atoms with Gasteiger partial charge < -0.3 is 10.2 Å². The minimum atomic E-state index is -4.93. The Bertz CT molecular complexity index is 937. The number of aryl methyl sites for hydroxylation is 1. The fraction of sp³-hybridized carbons (Fsp3) is 0.435. The van der Waals surface area contributed by atoms with E-state index in [9.17, 15) is 31.1 Å². The largest absolute Gasteiger partial charge is 0.416 e. The van der Waals surface area contributed by atoms with Gasteiger partial charge in [-0.2, -0.15) is 26.3 Å². The van der Waals surface area contributed by atoms with Crippen LogP contribution in [0.4, 0.5) is 26.3 Å². The smallest absolute Gasteiger partial charge is 0.341 e. The Morgan fingerprint density at radius 3 is 2.19 bits per heavy atom. The Hall–Kier alpha value is -2.55. The molecule has 2 unspecified atom stereocenters. The summed E-state index contributed by atoms with van der Waals surface area (Å²) in [6.45, 7) is 2.76. The second kappa shape index (κ2) is 9.13. The first-order valence-corrected chi connectivity index (χ1v) is 10.2. The number of hydrogen-bond donors (Lipinski definition) is 1. The molecule has 0 saturated carbocycles. The number of benzene rings is 2. The fourth-order valence-corrected chi connectivity index (χ4v) is 4.23. The summed E-state index contributed by atoms with van der Waals surface area (Å²) < 4.78 is 78.9. The van der Waals surface area contributed by atoms with Crippen molar-refractivity contribution in [3.05, 3.63) is 70.3 Å². The van der Waals surface area contributed by atoms with Gasteiger partial charge in [-0.3, -0.25) is 4.79 Å². The predicted molar refractivity (Wildman–Crippen MR) is 108 cm³/mol. The Labute approximate surface area is 182 Å². The monoisotopic (exact) mass is 458 g/mol. The molecule has 3 nitrogen and oxygen atoms in total. The normalized spacial score (nSPS) is 19.6. The molecule has 2 atom stereocenters. The van der Waals surface area contributed by atoms with Crippen molar-refractivity contribution in [3.8, 4) is 0 Å². The van der Waals surface area contributed by atoms with Gasteiger partial charge in [0.2, 0.25) is 5.91 Å². The zero-order chi connectivity index (χ0) is 23.7. The van der Waals surface area contributed by atoms with Crippen LogP contribution in [-0.4, -0.2) is 30.9 Å². The maximum absolute atomic E-state index is 13.2. The maximum Gasteiger partial charge on any atom is 0.416 e. The molecule has 9 heteroatoms. The second-order valence-electron chi connectivity index (χ2n) is 8.17. The lowest BCUT2D eigenvalue weighted by Gasteiger charge is -2.35. The lowest BCUT2D eigenvalue weighted by molar-refractivity contribution is -0.143. The van der Waals surface area contributed by atoms with E-state index < -0.39 is 29.4 Å². The van der Waals surface area contributed by atoms with Crippen molar-refractivity contribution in [2.75, 3.05) is 20.1 Å². The van der Waals surface area contributed by atoms with Crippen LogP contribution < -0.4 is 5.32 Å².